The second kappa shape index (κ2) is 9.36. The molecule has 0 radical (unpaired) electrons. The van der Waals surface area contributed by atoms with Gasteiger partial charge < -0.3 is 11.1 Å². The highest BCUT2D eigenvalue weighted by Crippen LogP contribution is 2.44. The summed E-state index contributed by atoms with van der Waals surface area (Å²) in [5, 5.41) is 6.26. The van der Waals surface area contributed by atoms with Crippen molar-refractivity contribution in [2.24, 2.45) is 0 Å². The summed E-state index contributed by atoms with van der Waals surface area (Å²) in [5.74, 6) is -2.17. The number of nitrogens with one attached hydrogen (secondary N) is 1. The SMILES string of the molecule is CNC(=O)c1cc(C(F)(F)F)cc(C(F)(F)F)c1C(C)c1c(I)c(N)nn1-c1ccc(Br)cn1. The number of anilines is 1. The van der Waals surface area contributed by atoms with Crippen LogP contribution in [-0.2, 0) is 12.4 Å². The van der Waals surface area contributed by atoms with Crippen molar-refractivity contribution >= 4 is 50.2 Å². The summed E-state index contributed by atoms with van der Waals surface area (Å²) < 4.78 is 84.5. The Kier molecular flexibility index (Phi) is 7.22. The van der Waals surface area contributed by atoms with Crippen LogP contribution < -0.4 is 11.1 Å². The van der Waals surface area contributed by atoms with Gasteiger partial charge in [-0.1, -0.05) is 6.92 Å². The lowest BCUT2D eigenvalue weighted by Crippen LogP contribution is -2.26. The number of carbonyl (C=O) groups excluding carboxylic acids is 1. The van der Waals surface area contributed by atoms with Crippen LogP contribution >= 0.6 is 38.5 Å². The molecule has 2 aromatic heterocycles. The maximum absolute atomic E-state index is 14.0. The maximum atomic E-state index is 14.0. The van der Waals surface area contributed by atoms with Crippen LogP contribution in [0.3, 0.4) is 0 Å². The van der Waals surface area contributed by atoms with Gasteiger partial charge >= 0.3 is 12.4 Å². The lowest BCUT2D eigenvalue weighted by atomic mass is 9.86. The molecule has 1 amide bonds. The van der Waals surface area contributed by atoms with E-state index in [4.69, 9.17) is 5.73 Å². The van der Waals surface area contributed by atoms with Crippen molar-refractivity contribution < 1.29 is 31.1 Å². The van der Waals surface area contributed by atoms with Gasteiger partial charge in [0.05, 0.1) is 20.4 Å². The number of aromatic nitrogens is 3. The highest BCUT2D eigenvalue weighted by molar-refractivity contribution is 14.1. The van der Waals surface area contributed by atoms with Crippen molar-refractivity contribution in [3.63, 3.8) is 0 Å². The Morgan fingerprint density at radius 2 is 1.82 bits per heavy atom. The summed E-state index contributed by atoms with van der Waals surface area (Å²) in [5.41, 5.74) is 1.48. The maximum Gasteiger partial charge on any atom is 0.416 e. The number of hydrogen-bond acceptors (Lipinski definition) is 4. The van der Waals surface area contributed by atoms with Gasteiger partial charge in [0.15, 0.2) is 11.6 Å². The molecule has 0 aliphatic heterocycles. The summed E-state index contributed by atoms with van der Waals surface area (Å²) in [6.07, 6.45) is -8.86. The normalized spacial score (nSPS) is 13.1. The van der Waals surface area contributed by atoms with E-state index in [-0.39, 0.29) is 27.0 Å². The number of rotatable bonds is 4. The summed E-state index contributed by atoms with van der Waals surface area (Å²) >= 11 is 5.01. The number of amides is 1. The second-order valence-electron chi connectivity index (χ2n) is 7.11. The predicted molar refractivity (Wildman–Crippen MR) is 124 cm³/mol. The van der Waals surface area contributed by atoms with E-state index in [0.29, 0.717) is 10.5 Å². The Bertz CT molecular complexity index is 1240. The zero-order valence-corrected chi connectivity index (χ0v) is 21.1. The van der Waals surface area contributed by atoms with E-state index in [1.54, 1.807) is 28.7 Å². The van der Waals surface area contributed by atoms with Crippen LogP contribution in [0.2, 0.25) is 0 Å². The first-order chi connectivity index (χ1) is 15.7. The largest absolute Gasteiger partial charge is 0.416 e. The lowest BCUT2D eigenvalue weighted by Gasteiger charge is -2.24. The minimum absolute atomic E-state index is 0.00703. The second-order valence-corrected chi connectivity index (χ2v) is 9.11. The summed E-state index contributed by atoms with van der Waals surface area (Å²) in [4.78, 5) is 16.7. The number of pyridine rings is 1. The van der Waals surface area contributed by atoms with Crippen molar-refractivity contribution in [1.82, 2.24) is 20.1 Å². The van der Waals surface area contributed by atoms with Crippen molar-refractivity contribution in [3.05, 3.63) is 66.5 Å². The molecule has 0 aliphatic rings. The van der Waals surface area contributed by atoms with Crippen LogP contribution in [0.25, 0.3) is 5.82 Å². The third-order valence-electron chi connectivity index (χ3n) is 4.94. The molecule has 0 aliphatic carbocycles. The molecule has 0 spiro atoms. The molecule has 3 rings (SSSR count). The molecule has 1 atom stereocenters. The number of nitrogens with two attached hydrogens (primary N) is 1. The molecule has 2 heterocycles. The van der Waals surface area contributed by atoms with Crippen LogP contribution in [-0.4, -0.2) is 27.7 Å². The minimum Gasteiger partial charge on any atom is -0.381 e. The van der Waals surface area contributed by atoms with Crippen molar-refractivity contribution in [1.29, 1.82) is 0 Å². The highest BCUT2D eigenvalue weighted by atomic mass is 127. The van der Waals surface area contributed by atoms with Crippen LogP contribution in [0.15, 0.2) is 34.9 Å². The molecule has 14 heteroatoms. The third-order valence-corrected chi connectivity index (χ3v) is 6.52. The molecule has 0 saturated carbocycles. The molecule has 34 heavy (non-hydrogen) atoms. The molecule has 0 saturated heterocycles. The van der Waals surface area contributed by atoms with Gasteiger partial charge in [-0.2, -0.15) is 26.3 Å². The third kappa shape index (κ3) is 5.01. The van der Waals surface area contributed by atoms with Gasteiger partial charge in [0.2, 0.25) is 0 Å². The van der Waals surface area contributed by atoms with Crippen molar-refractivity contribution in [2.75, 3.05) is 12.8 Å². The number of nitrogens with zero attached hydrogens (tertiary/aromatic N) is 3. The van der Waals surface area contributed by atoms with E-state index in [0.717, 1.165) is 7.05 Å². The lowest BCUT2D eigenvalue weighted by molar-refractivity contribution is -0.143. The van der Waals surface area contributed by atoms with Gasteiger partial charge in [-0.25, -0.2) is 9.67 Å². The summed E-state index contributed by atoms with van der Waals surface area (Å²) in [6, 6.07) is 3.57. The van der Waals surface area contributed by atoms with Crippen molar-refractivity contribution in [2.45, 2.75) is 25.2 Å². The van der Waals surface area contributed by atoms with E-state index < -0.39 is 46.4 Å². The number of carbonyl (C=O) groups is 1. The van der Waals surface area contributed by atoms with Crippen molar-refractivity contribution in [3.8, 4) is 5.82 Å². The number of halogens is 8. The molecular formula is C20H15BrF6IN5O. The molecule has 1 aromatic carbocycles. The van der Waals surface area contributed by atoms with E-state index in [1.807, 2.05) is 0 Å². The number of hydrogen-bond donors (Lipinski definition) is 2. The molecular weight excluding hydrogens is 647 g/mol. The first-order valence-electron chi connectivity index (χ1n) is 9.37. The minimum atomic E-state index is -5.19. The Morgan fingerprint density at radius 1 is 1.18 bits per heavy atom. The molecule has 3 N–H and O–H groups in total. The molecule has 182 valence electrons. The van der Waals surface area contributed by atoms with Crippen LogP contribution in [0.4, 0.5) is 32.2 Å². The van der Waals surface area contributed by atoms with Gasteiger partial charge in [-0.3, -0.25) is 4.79 Å². The fourth-order valence-corrected chi connectivity index (χ4v) is 4.49. The zero-order valence-electron chi connectivity index (χ0n) is 17.3. The predicted octanol–water partition coefficient (Wildman–Crippen LogP) is 5.77. The number of nitrogen functional groups attached to an aromatic ring is 1. The quantitative estimate of drug-likeness (QED) is 0.275. The number of alkyl halides is 6. The average molecular weight is 662 g/mol. The monoisotopic (exact) mass is 661 g/mol. The topological polar surface area (TPSA) is 85.8 Å². The van der Waals surface area contributed by atoms with E-state index in [9.17, 15) is 31.1 Å². The Balaban J connectivity index is 2.38. The smallest absolute Gasteiger partial charge is 0.381 e. The van der Waals surface area contributed by atoms with E-state index in [1.165, 1.54) is 23.9 Å². The van der Waals surface area contributed by atoms with Crippen LogP contribution in [0, 0.1) is 3.57 Å². The first kappa shape index (κ1) is 26.2. The van der Waals surface area contributed by atoms with Gasteiger partial charge in [0, 0.05) is 29.2 Å². The average Bonchev–Trinajstić information content (AvgIpc) is 3.05. The molecule has 1 unspecified atom stereocenters. The Morgan fingerprint density at radius 3 is 2.32 bits per heavy atom. The van der Waals surface area contributed by atoms with Crippen LogP contribution in [0.5, 0.6) is 0 Å². The fourth-order valence-electron chi connectivity index (χ4n) is 3.45. The van der Waals surface area contributed by atoms with Gasteiger partial charge in [0.1, 0.15) is 0 Å². The standard InChI is InChI=1S/C20H15BrF6IN5O/c1-8(16-15(28)17(29)32-33(16)13-4-3-10(21)7-31-13)14-11(18(34)30-2)5-9(19(22,23)24)6-12(14)20(25,26)27/h3-8H,1-2H3,(H2,29,32)(H,30,34). The number of benzene rings is 1. The Labute approximate surface area is 211 Å². The summed E-state index contributed by atoms with van der Waals surface area (Å²) in [7, 11) is 1.11. The van der Waals surface area contributed by atoms with Gasteiger partial charge in [-0.05, 0) is 68.3 Å². The zero-order chi connectivity index (χ0) is 25.6. The fraction of sp³-hybridized carbons (Fsp3) is 0.250. The summed E-state index contributed by atoms with van der Waals surface area (Å²) in [6.45, 7) is 1.33. The molecule has 0 fully saturated rings. The van der Waals surface area contributed by atoms with E-state index >= 15 is 0 Å². The Hall–Kier alpha value is -2.36. The van der Waals surface area contributed by atoms with Crippen LogP contribution in [0.1, 0.15) is 45.6 Å². The van der Waals surface area contributed by atoms with E-state index in [2.05, 4.69) is 31.3 Å². The van der Waals surface area contributed by atoms with Gasteiger partial charge in [-0.15, -0.1) is 5.10 Å². The molecule has 0 bridgehead atoms. The highest BCUT2D eigenvalue weighted by Gasteiger charge is 2.42. The van der Waals surface area contributed by atoms with Gasteiger partial charge in [0.25, 0.3) is 5.91 Å². The molecule has 3 aromatic rings. The first-order valence-corrected chi connectivity index (χ1v) is 11.2. The molecule has 6 nitrogen and oxygen atoms in total.